The van der Waals surface area contributed by atoms with Crippen molar-refractivity contribution >= 4 is 23.7 Å². The van der Waals surface area contributed by atoms with Gasteiger partial charge in [-0.05, 0) is 36.7 Å². The lowest BCUT2D eigenvalue weighted by molar-refractivity contribution is -0.275. The smallest absolute Gasteiger partial charge is 0.302 e. The van der Waals surface area contributed by atoms with Gasteiger partial charge in [-0.15, -0.1) is 0 Å². The Bertz CT molecular complexity index is 952. The van der Waals surface area contributed by atoms with Gasteiger partial charge in [0.25, 0.3) is 0 Å². The van der Waals surface area contributed by atoms with Crippen LogP contribution in [-0.4, -0.2) is 53.2 Å². The summed E-state index contributed by atoms with van der Waals surface area (Å²) in [5.41, 5.74) is -2.23. The standard InChI is InChI=1S/C26H36O8/c1-12-16-8-9-17-25(7)18(10-19(30)26(17,22(12)31)23(16)34-15(4)29)24(5,6)20(32-13(2)27)11-21(25)33-14(3)28/h16-21,23,30H,1,8-11H2,2-7H3/t16-,17-,18+,19+,20-,21-,23+,25-,26-/m0/s1. The molecule has 0 unspecified atom stereocenters. The second kappa shape index (κ2) is 7.90. The van der Waals surface area contributed by atoms with Crippen LogP contribution in [0.3, 0.4) is 0 Å². The minimum Gasteiger partial charge on any atom is -0.462 e. The molecule has 0 amide bonds. The molecule has 0 radical (unpaired) electrons. The average Bonchev–Trinajstić information content (AvgIpc) is 2.82. The maximum Gasteiger partial charge on any atom is 0.302 e. The summed E-state index contributed by atoms with van der Waals surface area (Å²) >= 11 is 0. The van der Waals surface area contributed by atoms with Crippen molar-refractivity contribution in [2.75, 3.05) is 0 Å². The second-order valence-electron chi connectivity index (χ2n) is 11.5. The zero-order valence-electron chi connectivity index (χ0n) is 20.9. The summed E-state index contributed by atoms with van der Waals surface area (Å²) in [7, 11) is 0. The lowest BCUT2D eigenvalue weighted by Crippen LogP contribution is -2.72. The van der Waals surface area contributed by atoms with Crippen molar-refractivity contribution in [2.24, 2.45) is 34.0 Å². The zero-order valence-corrected chi connectivity index (χ0v) is 20.9. The molecular weight excluding hydrogens is 440 g/mol. The van der Waals surface area contributed by atoms with Crippen LogP contribution in [0.25, 0.3) is 0 Å². The van der Waals surface area contributed by atoms with E-state index in [9.17, 15) is 24.3 Å². The third-order valence-electron chi connectivity index (χ3n) is 9.58. The number of hydrogen-bond donors (Lipinski definition) is 1. The molecule has 34 heavy (non-hydrogen) atoms. The van der Waals surface area contributed by atoms with Gasteiger partial charge in [-0.25, -0.2) is 0 Å². The topological polar surface area (TPSA) is 116 Å². The van der Waals surface area contributed by atoms with E-state index in [4.69, 9.17) is 14.2 Å². The highest BCUT2D eigenvalue weighted by atomic mass is 16.6. The van der Waals surface area contributed by atoms with Gasteiger partial charge in [0.2, 0.25) is 0 Å². The third-order valence-corrected chi connectivity index (χ3v) is 9.58. The van der Waals surface area contributed by atoms with E-state index in [0.717, 1.165) is 0 Å². The highest BCUT2D eigenvalue weighted by molar-refractivity contribution is 6.04. The maximum atomic E-state index is 13.8. The Morgan fingerprint density at radius 1 is 0.882 bits per heavy atom. The molecule has 0 heterocycles. The molecule has 0 aromatic carbocycles. The molecule has 9 atom stereocenters. The highest BCUT2D eigenvalue weighted by Gasteiger charge is 2.77. The van der Waals surface area contributed by atoms with E-state index in [-0.39, 0.29) is 24.0 Å². The fourth-order valence-corrected chi connectivity index (χ4v) is 8.34. The lowest BCUT2D eigenvalue weighted by Gasteiger charge is -2.67. The average molecular weight is 477 g/mol. The number of Topliss-reactive ketones (excluding diaryl/α,β-unsaturated/α-hetero) is 1. The molecule has 8 heteroatoms. The number of aliphatic hydroxyl groups excluding tert-OH is 1. The number of ether oxygens (including phenoxy) is 3. The van der Waals surface area contributed by atoms with Gasteiger partial charge in [0, 0.05) is 43.9 Å². The van der Waals surface area contributed by atoms with Crippen LogP contribution in [0.5, 0.6) is 0 Å². The van der Waals surface area contributed by atoms with Gasteiger partial charge in [-0.1, -0.05) is 27.4 Å². The van der Waals surface area contributed by atoms with E-state index in [1.807, 2.05) is 20.8 Å². The normalized spacial score (nSPS) is 44.5. The second-order valence-corrected chi connectivity index (χ2v) is 11.5. The molecule has 1 spiro atoms. The molecule has 4 aliphatic rings. The summed E-state index contributed by atoms with van der Waals surface area (Å²) in [5.74, 6) is -2.62. The van der Waals surface area contributed by atoms with E-state index < -0.39 is 64.5 Å². The van der Waals surface area contributed by atoms with Crippen molar-refractivity contribution in [1.82, 2.24) is 0 Å². The number of rotatable bonds is 3. The Balaban J connectivity index is 1.90. The third kappa shape index (κ3) is 3.13. The number of aliphatic hydroxyl groups is 1. The molecule has 4 saturated carbocycles. The quantitative estimate of drug-likeness (QED) is 0.376. The lowest BCUT2D eigenvalue weighted by atomic mass is 9.38. The summed E-state index contributed by atoms with van der Waals surface area (Å²) in [6.45, 7) is 14.1. The first kappa shape index (κ1) is 24.9. The first-order valence-electron chi connectivity index (χ1n) is 12.1. The molecular formula is C26H36O8. The maximum absolute atomic E-state index is 13.8. The predicted octanol–water partition coefficient (Wildman–Crippen LogP) is 2.75. The van der Waals surface area contributed by atoms with Gasteiger partial charge in [0.1, 0.15) is 23.7 Å². The van der Waals surface area contributed by atoms with Crippen LogP contribution >= 0.6 is 0 Å². The minimum absolute atomic E-state index is 0.221. The molecule has 4 aliphatic carbocycles. The van der Waals surface area contributed by atoms with Crippen molar-refractivity contribution in [2.45, 2.75) is 91.6 Å². The van der Waals surface area contributed by atoms with Gasteiger partial charge in [-0.3, -0.25) is 19.2 Å². The Morgan fingerprint density at radius 2 is 1.44 bits per heavy atom. The monoisotopic (exact) mass is 476 g/mol. The number of ketones is 1. The molecule has 0 aromatic rings. The van der Waals surface area contributed by atoms with Crippen molar-refractivity contribution < 1.29 is 38.5 Å². The summed E-state index contributed by atoms with van der Waals surface area (Å²) in [6, 6.07) is 0. The number of carbonyl (C=O) groups is 4. The van der Waals surface area contributed by atoms with Crippen LogP contribution in [0.4, 0.5) is 0 Å². The van der Waals surface area contributed by atoms with Crippen molar-refractivity contribution in [3.8, 4) is 0 Å². The number of esters is 3. The van der Waals surface area contributed by atoms with E-state index in [1.165, 1.54) is 20.8 Å². The van der Waals surface area contributed by atoms with Crippen LogP contribution in [0, 0.1) is 34.0 Å². The molecule has 0 saturated heterocycles. The first-order valence-corrected chi connectivity index (χ1v) is 12.1. The van der Waals surface area contributed by atoms with Crippen LogP contribution in [0.2, 0.25) is 0 Å². The van der Waals surface area contributed by atoms with E-state index in [2.05, 4.69) is 6.58 Å². The van der Waals surface area contributed by atoms with Crippen molar-refractivity contribution in [3.05, 3.63) is 12.2 Å². The molecule has 188 valence electrons. The molecule has 4 fully saturated rings. The van der Waals surface area contributed by atoms with Gasteiger partial charge in [0.15, 0.2) is 5.78 Å². The van der Waals surface area contributed by atoms with Gasteiger partial charge >= 0.3 is 17.9 Å². The van der Waals surface area contributed by atoms with E-state index >= 15 is 0 Å². The fraction of sp³-hybridized carbons (Fsp3) is 0.769. The van der Waals surface area contributed by atoms with E-state index in [1.54, 1.807) is 0 Å². The summed E-state index contributed by atoms with van der Waals surface area (Å²) in [4.78, 5) is 50.0. The van der Waals surface area contributed by atoms with E-state index in [0.29, 0.717) is 24.8 Å². The van der Waals surface area contributed by atoms with Crippen LogP contribution in [0.1, 0.15) is 67.2 Å². The minimum atomic E-state index is -1.33. The van der Waals surface area contributed by atoms with Crippen LogP contribution < -0.4 is 0 Å². The molecule has 1 N–H and O–H groups in total. The summed E-state index contributed by atoms with van der Waals surface area (Å²) in [5, 5.41) is 11.7. The molecule has 0 aliphatic heterocycles. The van der Waals surface area contributed by atoms with Gasteiger partial charge in [-0.2, -0.15) is 0 Å². The largest absolute Gasteiger partial charge is 0.462 e. The Kier molecular flexibility index (Phi) is 5.78. The predicted molar refractivity (Wildman–Crippen MR) is 120 cm³/mol. The number of fused-ring (bicyclic) bond motifs is 3. The number of carbonyl (C=O) groups excluding carboxylic acids is 4. The Labute approximate surface area is 200 Å². The van der Waals surface area contributed by atoms with Crippen LogP contribution in [-0.2, 0) is 33.4 Å². The fourth-order valence-electron chi connectivity index (χ4n) is 8.34. The zero-order chi connectivity index (χ0) is 25.4. The first-order chi connectivity index (χ1) is 15.7. The SMILES string of the molecule is C=C1C(=O)[C@@]23[C@H](O)C[C@@H]4C(C)(C)[C@@H](OC(C)=O)C[C@H](OC(C)=O)[C@@]4(C)[C@@H]2CC[C@@H]1[C@H]3OC(C)=O. The molecule has 8 nitrogen and oxygen atoms in total. The number of hydrogen-bond acceptors (Lipinski definition) is 8. The summed E-state index contributed by atoms with van der Waals surface area (Å²) < 4.78 is 17.3. The highest BCUT2D eigenvalue weighted by Crippen LogP contribution is 2.72. The van der Waals surface area contributed by atoms with Crippen LogP contribution in [0.15, 0.2) is 12.2 Å². The molecule has 4 rings (SSSR count). The molecule has 2 bridgehead atoms. The van der Waals surface area contributed by atoms with Gasteiger partial charge in [0.05, 0.1) is 6.10 Å². The van der Waals surface area contributed by atoms with Gasteiger partial charge < -0.3 is 19.3 Å². The Morgan fingerprint density at radius 3 is 2.00 bits per heavy atom. The molecule has 0 aromatic heterocycles. The summed E-state index contributed by atoms with van der Waals surface area (Å²) in [6.07, 6.45) is -1.35. The van der Waals surface area contributed by atoms with Crippen molar-refractivity contribution in [1.29, 1.82) is 0 Å². The Hall–Kier alpha value is -2.22. The van der Waals surface area contributed by atoms with Crippen molar-refractivity contribution in [3.63, 3.8) is 0 Å².